The number of sulfonamides is 1. The molecule has 0 heterocycles. The summed E-state index contributed by atoms with van der Waals surface area (Å²) in [5.74, 6) is -2.87. The van der Waals surface area contributed by atoms with Gasteiger partial charge < -0.3 is 4.74 Å². The van der Waals surface area contributed by atoms with Gasteiger partial charge in [0.15, 0.2) is 0 Å². The van der Waals surface area contributed by atoms with Crippen molar-refractivity contribution in [3.63, 3.8) is 0 Å². The summed E-state index contributed by atoms with van der Waals surface area (Å²) in [4.78, 5) is 0. The molecule has 2 rings (SSSR count). The second-order valence-electron chi connectivity index (χ2n) is 5.77. The van der Waals surface area contributed by atoms with Crippen molar-refractivity contribution in [2.75, 3.05) is 13.7 Å². The smallest absolute Gasteiger partial charge is 0.215 e. The quantitative estimate of drug-likeness (QED) is 0.812. The molecule has 0 fully saturated rings. The van der Waals surface area contributed by atoms with E-state index < -0.39 is 38.8 Å². The highest BCUT2D eigenvalue weighted by molar-refractivity contribution is 7.88. The van der Waals surface area contributed by atoms with Gasteiger partial charge in [-0.25, -0.2) is 26.3 Å². The Morgan fingerprint density at radius 2 is 1.68 bits per heavy atom. The molecule has 0 bridgehead atoms. The second kappa shape index (κ2) is 7.55. The van der Waals surface area contributed by atoms with Crippen molar-refractivity contribution in [1.29, 1.82) is 0 Å². The third-order valence-electron chi connectivity index (χ3n) is 3.80. The van der Waals surface area contributed by atoms with Crippen LogP contribution in [0.2, 0.25) is 0 Å². The average Bonchev–Trinajstić information content (AvgIpc) is 2.52. The van der Waals surface area contributed by atoms with Crippen LogP contribution in [0, 0.1) is 17.5 Å². The lowest BCUT2D eigenvalue weighted by Gasteiger charge is -2.29. The molecule has 2 aromatic carbocycles. The summed E-state index contributed by atoms with van der Waals surface area (Å²) in [7, 11) is -2.58. The molecule has 0 radical (unpaired) electrons. The first kappa shape index (κ1) is 19.4. The SMILES string of the molecule is COC(C)(CNS(=O)(=O)Cc1cc(F)cc(F)c1)c1ccccc1F. The minimum atomic E-state index is -3.92. The Hall–Kier alpha value is -1.90. The minimum Gasteiger partial charge on any atom is -0.372 e. The van der Waals surface area contributed by atoms with Crippen molar-refractivity contribution in [1.82, 2.24) is 4.72 Å². The van der Waals surface area contributed by atoms with Crippen molar-refractivity contribution in [3.05, 3.63) is 71.0 Å². The molecule has 0 aliphatic rings. The molecule has 25 heavy (non-hydrogen) atoms. The predicted molar refractivity (Wildman–Crippen MR) is 87.7 cm³/mol. The lowest BCUT2D eigenvalue weighted by atomic mass is 9.95. The molecule has 0 aliphatic carbocycles. The first-order valence-corrected chi connectivity index (χ1v) is 9.03. The van der Waals surface area contributed by atoms with E-state index in [1.807, 2.05) is 0 Å². The number of hydrogen-bond acceptors (Lipinski definition) is 3. The summed E-state index contributed by atoms with van der Waals surface area (Å²) in [5.41, 5.74) is -1.09. The number of halogens is 3. The van der Waals surface area contributed by atoms with E-state index in [4.69, 9.17) is 4.74 Å². The molecule has 0 aliphatic heterocycles. The van der Waals surface area contributed by atoms with Crippen molar-refractivity contribution < 1.29 is 26.3 Å². The van der Waals surface area contributed by atoms with Gasteiger partial charge in [0.25, 0.3) is 0 Å². The van der Waals surface area contributed by atoms with Gasteiger partial charge in [-0.05, 0) is 30.7 Å². The van der Waals surface area contributed by atoms with E-state index in [9.17, 15) is 21.6 Å². The van der Waals surface area contributed by atoms with Crippen LogP contribution in [0.15, 0.2) is 42.5 Å². The molecule has 0 saturated heterocycles. The molecule has 136 valence electrons. The first-order valence-electron chi connectivity index (χ1n) is 7.38. The van der Waals surface area contributed by atoms with Crippen LogP contribution >= 0.6 is 0 Å². The monoisotopic (exact) mass is 373 g/mol. The van der Waals surface area contributed by atoms with Crippen LogP contribution in [0.1, 0.15) is 18.1 Å². The van der Waals surface area contributed by atoms with Crippen LogP contribution in [-0.2, 0) is 26.1 Å². The Balaban J connectivity index is 2.16. The molecular weight excluding hydrogens is 355 g/mol. The molecule has 8 heteroatoms. The molecule has 2 aromatic rings. The fourth-order valence-corrected chi connectivity index (χ4v) is 3.58. The molecule has 4 nitrogen and oxygen atoms in total. The Morgan fingerprint density at radius 3 is 2.24 bits per heavy atom. The Kier molecular flexibility index (Phi) is 5.87. The Morgan fingerprint density at radius 1 is 1.08 bits per heavy atom. The van der Waals surface area contributed by atoms with Gasteiger partial charge in [0.2, 0.25) is 10.0 Å². The molecular formula is C17H18F3NO3S. The van der Waals surface area contributed by atoms with Crippen molar-refractivity contribution in [2.24, 2.45) is 0 Å². The van der Waals surface area contributed by atoms with Crippen LogP contribution in [0.5, 0.6) is 0 Å². The Labute approximate surface area is 144 Å². The number of ether oxygens (including phenoxy) is 1. The van der Waals surface area contributed by atoms with Gasteiger partial charge in [-0.3, -0.25) is 0 Å². The summed E-state index contributed by atoms with van der Waals surface area (Å²) in [6.45, 7) is 1.29. The summed E-state index contributed by atoms with van der Waals surface area (Å²) in [5, 5.41) is 0. The standard InChI is InChI=1S/C17H18F3NO3S/c1-17(24-2,15-5-3-4-6-16(15)20)11-21-25(22,23)10-12-7-13(18)9-14(19)8-12/h3-9,21H,10-11H2,1-2H3. The average molecular weight is 373 g/mol. The molecule has 0 spiro atoms. The van der Waals surface area contributed by atoms with E-state index in [0.717, 1.165) is 12.1 Å². The molecule has 0 saturated carbocycles. The van der Waals surface area contributed by atoms with E-state index in [0.29, 0.717) is 6.07 Å². The van der Waals surface area contributed by atoms with Gasteiger partial charge >= 0.3 is 0 Å². The summed E-state index contributed by atoms with van der Waals surface area (Å²) in [6, 6.07) is 8.40. The van der Waals surface area contributed by atoms with Gasteiger partial charge in [-0.1, -0.05) is 18.2 Å². The zero-order valence-electron chi connectivity index (χ0n) is 13.7. The maximum atomic E-state index is 14.0. The number of hydrogen-bond donors (Lipinski definition) is 1. The third-order valence-corrected chi connectivity index (χ3v) is 5.10. The van der Waals surface area contributed by atoms with E-state index in [-0.39, 0.29) is 17.7 Å². The van der Waals surface area contributed by atoms with Crippen LogP contribution in [0.3, 0.4) is 0 Å². The fourth-order valence-electron chi connectivity index (χ4n) is 2.38. The van der Waals surface area contributed by atoms with Gasteiger partial charge in [-0.15, -0.1) is 0 Å². The highest BCUT2D eigenvalue weighted by Crippen LogP contribution is 2.26. The zero-order valence-corrected chi connectivity index (χ0v) is 14.5. The van der Waals surface area contributed by atoms with Gasteiger partial charge in [-0.2, -0.15) is 0 Å². The van der Waals surface area contributed by atoms with Crippen molar-refractivity contribution in [3.8, 4) is 0 Å². The molecule has 1 atom stereocenters. The number of benzene rings is 2. The number of methoxy groups -OCH3 is 1. The van der Waals surface area contributed by atoms with E-state index >= 15 is 0 Å². The fraction of sp³-hybridized carbons (Fsp3) is 0.294. The number of rotatable bonds is 7. The lowest BCUT2D eigenvalue weighted by Crippen LogP contribution is -2.41. The predicted octanol–water partition coefficient (Wildman–Crippen LogP) is 3.09. The second-order valence-corrected chi connectivity index (χ2v) is 7.58. The largest absolute Gasteiger partial charge is 0.372 e. The highest BCUT2D eigenvalue weighted by Gasteiger charge is 2.31. The van der Waals surface area contributed by atoms with Gasteiger partial charge in [0, 0.05) is 25.3 Å². The van der Waals surface area contributed by atoms with Crippen LogP contribution in [-0.4, -0.2) is 22.1 Å². The summed E-state index contributed by atoms with van der Waals surface area (Å²) < 4.78 is 72.3. The van der Waals surface area contributed by atoms with Gasteiger partial charge in [0.1, 0.15) is 23.1 Å². The van der Waals surface area contributed by atoms with E-state index in [2.05, 4.69) is 4.72 Å². The number of nitrogens with one attached hydrogen (secondary N) is 1. The van der Waals surface area contributed by atoms with E-state index in [1.165, 1.54) is 32.2 Å². The van der Waals surface area contributed by atoms with Crippen LogP contribution in [0.4, 0.5) is 13.2 Å². The van der Waals surface area contributed by atoms with Crippen molar-refractivity contribution >= 4 is 10.0 Å². The highest BCUT2D eigenvalue weighted by atomic mass is 32.2. The normalized spacial score (nSPS) is 14.3. The minimum absolute atomic E-state index is 0.0324. The third kappa shape index (κ3) is 5.04. The maximum absolute atomic E-state index is 14.0. The van der Waals surface area contributed by atoms with Crippen molar-refractivity contribution in [2.45, 2.75) is 18.3 Å². The van der Waals surface area contributed by atoms with Crippen LogP contribution in [0.25, 0.3) is 0 Å². The summed E-state index contributed by atoms with van der Waals surface area (Å²) in [6.07, 6.45) is 0. The van der Waals surface area contributed by atoms with Gasteiger partial charge in [0.05, 0.1) is 5.75 Å². The first-order chi connectivity index (χ1) is 11.6. The lowest BCUT2D eigenvalue weighted by molar-refractivity contribution is 0.00409. The topological polar surface area (TPSA) is 55.4 Å². The van der Waals surface area contributed by atoms with E-state index in [1.54, 1.807) is 6.07 Å². The molecule has 1 N–H and O–H groups in total. The molecule has 0 amide bonds. The molecule has 1 unspecified atom stereocenters. The zero-order chi connectivity index (χ0) is 18.7. The maximum Gasteiger partial charge on any atom is 0.215 e. The van der Waals surface area contributed by atoms with Crippen LogP contribution < -0.4 is 4.72 Å². The Bertz CT molecular complexity index is 838. The molecule has 0 aromatic heterocycles. The summed E-state index contributed by atoms with van der Waals surface area (Å²) >= 11 is 0.